The Bertz CT molecular complexity index is 1040. The van der Waals surface area contributed by atoms with E-state index in [1.54, 1.807) is 0 Å². The summed E-state index contributed by atoms with van der Waals surface area (Å²) in [6.07, 6.45) is 13.6. The van der Waals surface area contributed by atoms with E-state index in [4.69, 9.17) is 4.74 Å². The van der Waals surface area contributed by atoms with Crippen LogP contribution in [0.3, 0.4) is 0 Å². The highest BCUT2D eigenvalue weighted by Crippen LogP contribution is 2.48. The van der Waals surface area contributed by atoms with Crippen molar-refractivity contribution in [1.82, 2.24) is 0 Å². The molecule has 5 rings (SSSR count). The summed E-state index contributed by atoms with van der Waals surface area (Å²) >= 11 is 0. The fourth-order valence-corrected chi connectivity index (χ4v) is 6.78. The van der Waals surface area contributed by atoms with Crippen molar-refractivity contribution in [3.8, 4) is 11.1 Å². The van der Waals surface area contributed by atoms with Crippen LogP contribution in [0.4, 0.5) is 4.39 Å². The second-order valence-electron chi connectivity index (χ2n) is 12.0. The predicted molar refractivity (Wildman–Crippen MR) is 143 cm³/mol. The molecule has 0 N–H and O–H groups in total. The number of aliphatic imine (C=N–C) groups is 1. The zero-order valence-electron chi connectivity index (χ0n) is 21.9. The number of ether oxygens (including phenoxy) is 1. The average molecular weight is 476 g/mol. The summed E-state index contributed by atoms with van der Waals surface area (Å²) in [7, 11) is 0. The van der Waals surface area contributed by atoms with E-state index in [-0.39, 0.29) is 11.4 Å². The molecule has 0 bridgehead atoms. The Kier molecular flexibility index (Phi) is 7.32. The number of unbranched alkanes of at least 4 members (excludes halogenated alkanes) is 2. The Hall–Kier alpha value is -2.16. The highest BCUT2D eigenvalue weighted by molar-refractivity contribution is 5.95. The van der Waals surface area contributed by atoms with Crippen LogP contribution in [0.1, 0.15) is 102 Å². The standard InChI is InChI=1S/C32H42FNO/c1-4-5-6-7-22-8-9-26-19-27(15-14-25(26)18-22)28-16-17-29(30(33)20-28)23-10-12-24(13-11-23)31-34-32(2,3)21-35-31/h10-13,16-17,20,22,25-27H,4-9,14-15,18-19,21H2,1-3H3. The van der Waals surface area contributed by atoms with Crippen molar-refractivity contribution in [3.05, 3.63) is 59.4 Å². The minimum atomic E-state index is -0.178. The second kappa shape index (κ2) is 10.4. The Labute approximate surface area is 211 Å². The Morgan fingerprint density at radius 3 is 2.37 bits per heavy atom. The highest BCUT2D eigenvalue weighted by Gasteiger charge is 2.36. The minimum absolute atomic E-state index is 0.104. The number of rotatable bonds is 7. The third-order valence-corrected chi connectivity index (χ3v) is 8.81. The van der Waals surface area contributed by atoms with E-state index in [1.807, 2.05) is 36.4 Å². The first-order chi connectivity index (χ1) is 16.9. The maximum Gasteiger partial charge on any atom is 0.216 e. The van der Waals surface area contributed by atoms with E-state index < -0.39 is 0 Å². The van der Waals surface area contributed by atoms with Crippen molar-refractivity contribution in [1.29, 1.82) is 0 Å². The van der Waals surface area contributed by atoms with Gasteiger partial charge in [-0.15, -0.1) is 0 Å². The molecule has 0 spiro atoms. The van der Waals surface area contributed by atoms with Crippen LogP contribution in [0.15, 0.2) is 47.5 Å². The topological polar surface area (TPSA) is 21.6 Å². The van der Waals surface area contributed by atoms with E-state index >= 15 is 4.39 Å². The summed E-state index contributed by atoms with van der Waals surface area (Å²) in [6, 6.07) is 13.9. The van der Waals surface area contributed by atoms with Crippen molar-refractivity contribution in [2.75, 3.05) is 6.61 Å². The number of hydrogen-bond donors (Lipinski definition) is 0. The van der Waals surface area contributed by atoms with Gasteiger partial charge in [-0.2, -0.15) is 0 Å². The van der Waals surface area contributed by atoms with Crippen LogP contribution in [0.25, 0.3) is 11.1 Å². The van der Waals surface area contributed by atoms with Gasteiger partial charge in [-0.25, -0.2) is 9.38 Å². The molecule has 3 aliphatic rings. The summed E-state index contributed by atoms with van der Waals surface area (Å²) in [5.74, 6) is 3.81. The zero-order chi connectivity index (χ0) is 24.4. The predicted octanol–water partition coefficient (Wildman–Crippen LogP) is 8.93. The van der Waals surface area contributed by atoms with Gasteiger partial charge in [0.25, 0.3) is 0 Å². The van der Waals surface area contributed by atoms with E-state index in [1.165, 1.54) is 69.8 Å². The summed E-state index contributed by atoms with van der Waals surface area (Å²) in [5.41, 5.74) is 3.55. The molecule has 2 aromatic carbocycles. The molecule has 3 heteroatoms. The van der Waals surface area contributed by atoms with Crippen LogP contribution in [0.5, 0.6) is 0 Å². The van der Waals surface area contributed by atoms with E-state index in [0.29, 0.717) is 24.0 Å². The smallest absolute Gasteiger partial charge is 0.216 e. The molecule has 0 amide bonds. The average Bonchev–Trinajstić information content (AvgIpc) is 3.23. The number of benzene rings is 2. The van der Waals surface area contributed by atoms with Gasteiger partial charge in [-0.3, -0.25) is 0 Å². The molecule has 4 unspecified atom stereocenters. The molecule has 2 saturated carbocycles. The van der Waals surface area contributed by atoms with Gasteiger partial charge in [0.2, 0.25) is 5.90 Å². The molecule has 1 heterocycles. The fraction of sp³-hybridized carbons (Fsp3) is 0.594. The van der Waals surface area contributed by atoms with Gasteiger partial charge in [0.1, 0.15) is 12.4 Å². The maximum absolute atomic E-state index is 15.3. The molecule has 4 atom stereocenters. The van der Waals surface area contributed by atoms with Crippen molar-refractivity contribution >= 4 is 5.90 Å². The van der Waals surface area contributed by atoms with E-state index in [0.717, 1.165) is 28.9 Å². The van der Waals surface area contributed by atoms with Gasteiger partial charge >= 0.3 is 0 Å². The van der Waals surface area contributed by atoms with Crippen molar-refractivity contribution in [2.24, 2.45) is 22.7 Å². The first kappa shape index (κ1) is 24.5. The molecule has 188 valence electrons. The lowest BCUT2D eigenvalue weighted by atomic mass is 9.63. The first-order valence-electron chi connectivity index (χ1n) is 14.0. The summed E-state index contributed by atoms with van der Waals surface area (Å²) in [5, 5.41) is 0. The van der Waals surface area contributed by atoms with Gasteiger partial charge in [-0.1, -0.05) is 63.3 Å². The molecule has 0 radical (unpaired) electrons. The van der Waals surface area contributed by atoms with Crippen LogP contribution >= 0.6 is 0 Å². The molecule has 0 saturated heterocycles. The lowest BCUT2D eigenvalue weighted by Gasteiger charge is -2.42. The molecule has 2 fully saturated rings. The van der Waals surface area contributed by atoms with Crippen LogP contribution in [0, 0.1) is 23.6 Å². The number of halogens is 1. The van der Waals surface area contributed by atoms with Gasteiger partial charge < -0.3 is 4.74 Å². The normalized spacial score (nSPS) is 27.7. The molecule has 2 aliphatic carbocycles. The van der Waals surface area contributed by atoms with Crippen LogP contribution in [0.2, 0.25) is 0 Å². The molecule has 1 aliphatic heterocycles. The lowest BCUT2D eigenvalue weighted by Crippen LogP contribution is -2.30. The monoisotopic (exact) mass is 475 g/mol. The summed E-state index contributed by atoms with van der Waals surface area (Å²) in [6.45, 7) is 7.03. The Morgan fingerprint density at radius 2 is 1.66 bits per heavy atom. The van der Waals surface area contributed by atoms with Gasteiger partial charge in [-0.05, 0) is 98.9 Å². The van der Waals surface area contributed by atoms with Crippen LogP contribution < -0.4 is 0 Å². The Balaban J connectivity index is 1.22. The van der Waals surface area contributed by atoms with Crippen molar-refractivity contribution in [3.63, 3.8) is 0 Å². The minimum Gasteiger partial charge on any atom is -0.475 e. The summed E-state index contributed by atoms with van der Waals surface area (Å²) < 4.78 is 21.0. The van der Waals surface area contributed by atoms with E-state index in [9.17, 15) is 0 Å². The Morgan fingerprint density at radius 1 is 0.914 bits per heavy atom. The SMILES string of the molecule is CCCCCC1CCC2CC(c3ccc(-c4ccc(C5=NC(C)(C)CO5)cc4)c(F)c3)CCC2C1. The summed E-state index contributed by atoms with van der Waals surface area (Å²) in [4.78, 5) is 4.64. The largest absolute Gasteiger partial charge is 0.475 e. The number of nitrogens with zero attached hydrogens (tertiary/aromatic N) is 1. The third kappa shape index (κ3) is 5.65. The lowest BCUT2D eigenvalue weighted by molar-refractivity contribution is 0.113. The molecule has 2 nitrogen and oxygen atoms in total. The third-order valence-electron chi connectivity index (χ3n) is 8.81. The van der Waals surface area contributed by atoms with Crippen LogP contribution in [-0.2, 0) is 4.74 Å². The molecule has 0 aromatic heterocycles. The molecule has 35 heavy (non-hydrogen) atoms. The van der Waals surface area contributed by atoms with E-state index in [2.05, 4.69) is 31.8 Å². The van der Waals surface area contributed by atoms with Gasteiger partial charge in [0.05, 0.1) is 5.54 Å². The fourth-order valence-electron chi connectivity index (χ4n) is 6.78. The zero-order valence-corrected chi connectivity index (χ0v) is 21.9. The molecule has 2 aromatic rings. The first-order valence-corrected chi connectivity index (χ1v) is 14.0. The maximum atomic E-state index is 15.3. The number of hydrogen-bond acceptors (Lipinski definition) is 2. The quantitative estimate of drug-likeness (QED) is 0.366. The molecular weight excluding hydrogens is 433 g/mol. The van der Waals surface area contributed by atoms with Crippen molar-refractivity contribution in [2.45, 2.75) is 96.4 Å². The molecular formula is C32H42FNO. The highest BCUT2D eigenvalue weighted by atomic mass is 19.1. The second-order valence-corrected chi connectivity index (χ2v) is 12.0. The van der Waals surface area contributed by atoms with Crippen LogP contribution in [-0.4, -0.2) is 18.0 Å². The van der Waals surface area contributed by atoms with Gasteiger partial charge in [0, 0.05) is 11.1 Å². The van der Waals surface area contributed by atoms with Crippen molar-refractivity contribution < 1.29 is 9.13 Å². The van der Waals surface area contributed by atoms with Gasteiger partial charge in [0.15, 0.2) is 0 Å². The number of fused-ring (bicyclic) bond motifs is 1.